The molecule has 2 rings (SSSR count). The molecule has 2 heterocycles. The van der Waals surface area contributed by atoms with Crippen molar-refractivity contribution in [3.05, 3.63) is 5.92 Å². The van der Waals surface area contributed by atoms with Gasteiger partial charge in [0, 0.05) is 19.1 Å². The Labute approximate surface area is 87.0 Å². The van der Waals surface area contributed by atoms with Crippen molar-refractivity contribution in [3.63, 3.8) is 0 Å². The number of ether oxygens (including phenoxy) is 2. The third kappa shape index (κ3) is 2.29. The predicted octanol–water partition coefficient (Wildman–Crippen LogP) is 2.72. The molecule has 2 aliphatic rings. The van der Waals surface area contributed by atoms with Crippen LogP contribution in [-0.2, 0) is 9.47 Å². The van der Waals surface area contributed by atoms with E-state index in [1.807, 2.05) is 0 Å². The Morgan fingerprint density at radius 1 is 1.07 bits per heavy atom. The lowest BCUT2D eigenvalue weighted by molar-refractivity contribution is 0.0531. The second kappa shape index (κ2) is 5.13. The second-order valence-electron chi connectivity index (χ2n) is 4.33. The summed E-state index contributed by atoms with van der Waals surface area (Å²) in [6.45, 7) is 4.14. The quantitative estimate of drug-likeness (QED) is 0.690. The largest absolute Gasteiger partial charge is 0.378 e. The Kier molecular flexibility index (Phi) is 3.82. The zero-order valence-corrected chi connectivity index (χ0v) is 9.13. The van der Waals surface area contributed by atoms with Gasteiger partial charge in [-0.1, -0.05) is 13.3 Å². The minimum atomic E-state index is 0.415. The molecule has 2 aliphatic heterocycles. The minimum Gasteiger partial charge on any atom is -0.378 e. The molecule has 2 fully saturated rings. The number of hydrogen-bond donors (Lipinski definition) is 0. The molecule has 2 atom stereocenters. The van der Waals surface area contributed by atoms with E-state index in [0.717, 1.165) is 13.2 Å². The summed E-state index contributed by atoms with van der Waals surface area (Å²) in [4.78, 5) is 0. The third-order valence-electron chi connectivity index (χ3n) is 3.23. The summed E-state index contributed by atoms with van der Waals surface area (Å²) in [7, 11) is 0. The lowest BCUT2D eigenvalue weighted by atomic mass is 9.88. The van der Waals surface area contributed by atoms with Crippen LogP contribution in [0.15, 0.2) is 0 Å². The first-order valence-electron chi connectivity index (χ1n) is 6.00. The molecule has 0 aromatic carbocycles. The van der Waals surface area contributed by atoms with Gasteiger partial charge in [-0.3, -0.25) is 0 Å². The molecular weight excluding hydrogens is 176 g/mol. The maximum Gasteiger partial charge on any atom is 0.0664 e. The van der Waals surface area contributed by atoms with Crippen LogP contribution in [-0.4, -0.2) is 25.4 Å². The minimum absolute atomic E-state index is 0.415. The van der Waals surface area contributed by atoms with E-state index in [2.05, 4.69) is 6.92 Å². The average Bonchev–Trinajstić information content (AvgIpc) is 2.87. The molecule has 0 amide bonds. The highest BCUT2D eigenvalue weighted by atomic mass is 16.5. The summed E-state index contributed by atoms with van der Waals surface area (Å²) in [6, 6.07) is 0. The number of rotatable bonds is 4. The van der Waals surface area contributed by atoms with E-state index in [0.29, 0.717) is 12.2 Å². The van der Waals surface area contributed by atoms with Crippen LogP contribution >= 0.6 is 0 Å². The Bertz CT molecular complexity index is 142. The Morgan fingerprint density at radius 3 is 2.00 bits per heavy atom. The zero-order valence-electron chi connectivity index (χ0n) is 9.13. The van der Waals surface area contributed by atoms with Gasteiger partial charge in [0.2, 0.25) is 0 Å². The van der Waals surface area contributed by atoms with E-state index in [9.17, 15) is 0 Å². The van der Waals surface area contributed by atoms with Crippen molar-refractivity contribution in [2.24, 2.45) is 0 Å². The van der Waals surface area contributed by atoms with Crippen molar-refractivity contribution < 1.29 is 9.47 Å². The molecule has 0 aliphatic carbocycles. The molecular formula is C12H21O2. The summed E-state index contributed by atoms with van der Waals surface area (Å²) in [5, 5.41) is 0. The van der Waals surface area contributed by atoms with Crippen LogP contribution in [0.4, 0.5) is 0 Å². The lowest BCUT2D eigenvalue weighted by Crippen LogP contribution is -2.28. The van der Waals surface area contributed by atoms with Crippen LogP contribution in [0.25, 0.3) is 0 Å². The van der Waals surface area contributed by atoms with Gasteiger partial charge in [0.1, 0.15) is 0 Å². The first-order chi connectivity index (χ1) is 6.92. The van der Waals surface area contributed by atoms with Gasteiger partial charge in [0.25, 0.3) is 0 Å². The fourth-order valence-corrected chi connectivity index (χ4v) is 2.56. The molecule has 2 saturated heterocycles. The molecule has 0 bridgehead atoms. The molecule has 2 unspecified atom stereocenters. The Morgan fingerprint density at radius 2 is 1.64 bits per heavy atom. The third-order valence-corrected chi connectivity index (χ3v) is 3.23. The summed E-state index contributed by atoms with van der Waals surface area (Å²) >= 11 is 0. The Hall–Kier alpha value is -0.0800. The van der Waals surface area contributed by atoms with Gasteiger partial charge in [-0.25, -0.2) is 0 Å². The van der Waals surface area contributed by atoms with Gasteiger partial charge < -0.3 is 9.47 Å². The van der Waals surface area contributed by atoms with E-state index in [1.54, 1.807) is 5.92 Å². The summed E-state index contributed by atoms with van der Waals surface area (Å²) in [5.74, 6) is 1.54. The fraction of sp³-hybridized carbons (Fsp3) is 0.917. The molecule has 14 heavy (non-hydrogen) atoms. The van der Waals surface area contributed by atoms with Gasteiger partial charge in [-0.05, 0) is 32.1 Å². The standard InChI is InChI=1S/C12H21O2/c1-2-5-10(11-6-3-8-13-11)12-7-4-9-14-12/h11-12H,2-9H2,1H3. The highest BCUT2D eigenvalue weighted by Gasteiger charge is 2.34. The SMILES string of the molecule is CCC[C](C1CCCO1)C1CCCO1. The normalized spacial score (nSPS) is 33.0. The molecule has 81 valence electrons. The molecule has 0 spiro atoms. The van der Waals surface area contributed by atoms with E-state index in [1.165, 1.54) is 38.5 Å². The van der Waals surface area contributed by atoms with Gasteiger partial charge in [0.15, 0.2) is 0 Å². The second-order valence-corrected chi connectivity index (χ2v) is 4.33. The van der Waals surface area contributed by atoms with Crippen molar-refractivity contribution in [3.8, 4) is 0 Å². The average molecular weight is 197 g/mol. The van der Waals surface area contributed by atoms with Gasteiger partial charge >= 0.3 is 0 Å². The maximum absolute atomic E-state index is 5.76. The van der Waals surface area contributed by atoms with Crippen molar-refractivity contribution >= 4 is 0 Å². The van der Waals surface area contributed by atoms with Gasteiger partial charge in [-0.15, -0.1) is 0 Å². The van der Waals surface area contributed by atoms with Crippen molar-refractivity contribution in [1.82, 2.24) is 0 Å². The van der Waals surface area contributed by atoms with Crippen LogP contribution in [0, 0.1) is 5.92 Å². The number of hydrogen-bond acceptors (Lipinski definition) is 2. The fourth-order valence-electron chi connectivity index (χ4n) is 2.56. The molecule has 0 aromatic heterocycles. The van der Waals surface area contributed by atoms with Crippen LogP contribution < -0.4 is 0 Å². The Balaban J connectivity index is 1.91. The van der Waals surface area contributed by atoms with E-state index in [-0.39, 0.29) is 0 Å². The first kappa shape index (κ1) is 10.4. The predicted molar refractivity (Wildman–Crippen MR) is 56.1 cm³/mol. The molecule has 1 radical (unpaired) electrons. The van der Waals surface area contributed by atoms with Crippen LogP contribution in [0.5, 0.6) is 0 Å². The van der Waals surface area contributed by atoms with E-state index >= 15 is 0 Å². The highest BCUT2D eigenvalue weighted by Crippen LogP contribution is 2.34. The van der Waals surface area contributed by atoms with Crippen LogP contribution in [0.3, 0.4) is 0 Å². The van der Waals surface area contributed by atoms with Crippen LogP contribution in [0.2, 0.25) is 0 Å². The molecule has 0 saturated carbocycles. The van der Waals surface area contributed by atoms with Gasteiger partial charge in [0.05, 0.1) is 12.2 Å². The first-order valence-corrected chi connectivity index (χ1v) is 6.00. The van der Waals surface area contributed by atoms with Crippen molar-refractivity contribution in [1.29, 1.82) is 0 Å². The summed E-state index contributed by atoms with van der Waals surface area (Å²) in [5.41, 5.74) is 0. The topological polar surface area (TPSA) is 18.5 Å². The smallest absolute Gasteiger partial charge is 0.0664 e. The maximum atomic E-state index is 5.76. The monoisotopic (exact) mass is 197 g/mol. The van der Waals surface area contributed by atoms with Crippen molar-refractivity contribution in [2.75, 3.05) is 13.2 Å². The molecule has 2 heteroatoms. The van der Waals surface area contributed by atoms with E-state index in [4.69, 9.17) is 9.47 Å². The van der Waals surface area contributed by atoms with Crippen molar-refractivity contribution in [2.45, 2.75) is 57.7 Å². The molecule has 0 N–H and O–H groups in total. The van der Waals surface area contributed by atoms with E-state index < -0.39 is 0 Å². The van der Waals surface area contributed by atoms with Crippen LogP contribution in [0.1, 0.15) is 45.4 Å². The summed E-state index contributed by atoms with van der Waals surface area (Å²) in [6.07, 6.45) is 8.13. The highest BCUT2D eigenvalue weighted by molar-refractivity contribution is 5.06. The zero-order chi connectivity index (χ0) is 9.80. The lowest BCUT2D eigenvalue weighted by Gasteiger charge is -2.26. The van der Waals surface area contributed by atoms with Gasteiger partial charge in [-0.2, -0.15) is 0 Å². The summed E-state index contributed by atoms with van der Waals surface area (Å²) < 4.78 is 11.5. The molecule has 2 nitrogen and oxygen atoms in total. The molecule has 0 aromatic rings.